The van der Waals surface area contributed by atoms with Gasteiger partial charge in [0.1, 0.15) is 17.3 Å². The molecule has 0 atom stereocenters. The van der Waals surface area contributed by atoms with E-state index in [9.17, 15) is 0 Å². The van der Waals surface area contributed by atoms with E-state index in [2.05, 4.69) is 124 Å². The quantitative estimate of drug-likeness (QED) is 0.200. The van der Waals surface area contributed by atoms with Gasteiger partial charge in [0, 0.05) is 51.3 Å². The average Bonchev–Trinajstić information content (AvgIpc) is 3.62. The van der Waals surface area contributed by atoms with Crippen molar-refractivity contribution in [3.05, 3.63) is 157 Å². The summed E-state index contributed by atoms with van der Waals surface area (Å²) in [7, 11) is 0. The molecule has 5 heteroatoms. The third-order valence-corrected chi connectivity index (χ3v) is 8.70. The molecule has 0 N–H and O–H groups in total. The molecule has 5 aromatic carbocycles. The minimum Gasteiger partial charge on any atom is -0.457 e. The number of aryl methyl sites for hydroxylation is 1. The zero-order valence-electron chi connectivity index (χ0n) is 25.1. The average molecular weight is 593 g/mol. The largest absolute Gasteiger partial charge is 0.457 e. The van der Waals surface area contributed by atoms with Gasteiger partial charge in [0.2, 0.25) is 0 Å². The summed E-state index contributed by atoms with van der Waals surface area (Å²) in [6.45, 7) is 2.07. The molecule has 0 amide bonds. The summed E-state index contributed by atoms with van der Waals surface area (Å²) in [5.41, 5.74) is 8.64. The SMILES string of the molecule is Cc1ccc(-n2c3cc(Oc4cccc(-c5ccccn5)c4)ccc3c3c2ccc2c4ccccc4n(-c4ccccc4)c23)nc1. The maximum absolute atomic E-state index is 6.52. The lowest BCUT2D eigenvalue weighted by Crippen LogP contribution is -1.98. The first-order valence-electron chi connectivity index (χ1n) is 15.4. The Bertz CT molecular complexity index is 2550. The minimum absolute atomic E-state index is 0.752. The predicted octanol–water partition coefficient (Wildman–Crippen LogP) is 10.4. The lowest BCUT2D eigenvalue weighted by atomic mass is 10.1. The summed E-state index contributed by atoms with van der Waals surface area (Å²) >= 11 is 0. The molecule has 0 aliphatic rings. The van der Waals surface area contributed by atoms with E-state index < -0.39 is 0 Å². The summed E-state index contributed by atoms with van der Waals surface area (Å²) in [4.78, 5) is 9.41. The number of nitrogens with zero attached hydrogens (tertiary/aromatic N) is 4. The van der Waals surface area contributed by atoms with Gasteiger partial charge in [0.25, 0.3) is 0 Å². The third-order valence-electron chi connectivity index (χ3n) is 8.70. The first-order valence-corrected chi connectivity index (χ1v) is 15.4. The molecule has 0 radical (unpaired) electrons. The highest BCUT2D eigenvalue weighted by atomic mass is 16.5. The second-order valence-corrected chi connectivity index (χ2v) is 11.6. The maximum atomic E-state index is 6.52. The van der Waals surface area contributed by atoms with E-state index in [1.807, 2.05) is 48.8 Å². The molecule has 0 saturated heterocycles. The minimum atomic E-state index is 0.752. The number of rotatable bonds is 5. The third kappa shape index (κ3) is 4.17. The monoisotopic (exact) mass is 592 g/mol. The molecular formula is C41H28N4O. The van der Waals surface area contributed by atoms with Gasteiger partial charge in [-0.05, 0) is 79.2 Å². The Morgan fingerprint density at radius 2 is 1.37 bits per heavy atom. The molecule has 9 rings (SSSR count). The van der Waals surface area contributed by atoms with Crippen molar-refractivity contribution in [3.63, 3.8) is 0 Å². The van der Waals surface area contributed by atoms with Crippen LogP contribution < -0.4 is 4.74 Å². The van der Waals surface area contributed by atoms with Gasteiger partial charge in [-0.25, -0.2) is 4.98 Å². The summed E-state index contributed by atoms with van der Waals surface area (Å²) < 4.78 is 11.2. The Balaban J connectivity index is 1.31. The second kappa shape index (κ2) is 10.5. The zero-order valence-corrected chi connectivity index (χ0v) is 25.1. The topological polar surface area (TPSA) is 44.9 Å². The molecule has 9 aromatic rings. The molecule has 0 bridgehead atoms. The number of pyridine rings is 2. The molecule has 218 valence electrons. The van der Waals surface area contributed by atoms with E-state index in [1.165, 1.54) is 27.2 Å². The number of ether oxygens (including phenoxy) is 1. The van der Waals surface area contributed by atoms with E-state index in [0.29, 0.717) is 0 Å². The Labute approximate surface area is 265 Å². The summed E-state index contributed by atoms with van der Waals surface area (Å²) in [5, 5.41) is 4.76. The van der Waals surface area contributed by atoms with Crippen molar-refractivity contribution < 1.29 is 4.74 Å². The number of para-hydroxylation sites is 2. The highest BCUT2D eigenvalue weighted by Gasteiger charge is 2.21. The van der Waals surface area contributed by atoms with Crippen LogP contribution in [0.5, 0.6) is 11.5 Å². The number of benzene rings is 5. The van der Waals surface area contributed by atoms with Crippen LogP contribution in [-0.2, 0) is 0 Å². The molecule has 0 spiro atoms. The lowest BCUT2D eigenvalue weighted by Gasteiger charge is -2.10. The van der Waals surface area contributed by atoms with Crippen molar-refractivity contribution in [3.8, 4) is 34.3 Å². The fourth-order valence-electron chi connectivity index (χ4n) is 6.67. The Hall–Kier alpha value is -6.20. The molecule has 4 heterocycles. The summed E-state index contributed by atoms with van der Waals surface area (Å²) in [6, 6.07) is 48.4. The molecular weight excluding hydrogens is 564 g/mol. The van der Waals surface area contributed by atoms with E-state index in [1.54, 1.807) is 0 Å². The number of aromatic nitrogens is 4. The molecule has 5 nitrogen and oxygen atoms in total. The van der Waals surface area contributed by atoms with Crippen LogP contribution in [0.25, 0.3) is 66.4 Å². The fourth-order valence-corrected chi connectivity index (χ4v) is 6.67. The first-order chi connectivity index (χ1) is 22.7. The number of fused-ring (bicyclic) bond motifs is 7. The van der Waals surface area contributed by atoms with Crippen LogP contribution in [0.4, 0.5) is 0 Å². The van der Waals surface area contributed by atoms with Crippen molar-refractivity contribution in [1.82, 2.24) is 19.1 Å². The van der Waals surface area contributed by atoms with Gasteiger partial charge < -0.3 is 9.30 Å². The normalized spacial score (nSPS) is 11.6. The standard InChI is InChI=1S/C41H28N4O/c1-27-17-22-39(43-26-27)45-37-21-20-33-32-14-5-6-16-36(32)44(29-11-3-2-4-12-29)41(33)40(37)34-19-18-31(25-38(34)45)46-30-13-9-10-28(24-30)35-15-7-8-23-42-35/h2-26H,1H3. The van der Waals surface area contributed by atoms with Crippen LogP contribution in [0.2, 0.25) is 0 Å². The molecule has 46 heavy (non-hydrogen) atoms. The predicted molar refractivity (Wildman–Crippen MR) is 187 cm³/mol. The number of hydrogen-bond acceptors (Lipinski definition) is 3. The molecule has 0 aliphatic carbocycles. The van der Waals surface area contributed by atoms with Crippen molar-refractivity contribution in [1.29, 1.82) is 0 Å². The van der Waals surface area contributed by atoms with E-state index in [0.717, 1.165) is 56.2 Å². The van der Waals surface area contributed by atoms with Crippen molar-refractivity contribution >= 4 is 43.6 Å². The van der Waals surface area contributed by atoms with Gasteiger partial charge in [0.15, 0.2) is 0 Å². The van der Waals surface area contributed by atoms with Crippen molar-refractivity contribution in [2.75, 3.05) is 0 Å². The molecule has 4 aromatic heterocycles. The summed E-state index contributed by atoms with van der Waals surface area (Å²) in [6.07, 6.45) is 3.73. The zero-order chi connectivity index (χ0) is 30.6. The van der Waals surface area contributed by atoms with Gasteiger partial charge in [-0.15, -0.1) is 0 Å². The Morgan fingerprint density at radius 1 is 0.543 bits per heavy atom. The highest BCUT2D eigenvalue weighted by Crippen LogP contribution is 2.43. The molecule has 0 fully saturated rings. The van der Waals surface area contributed by atoms with Crippen molar-refractivity contribution in [2.45, 2.75) is 6.92 Å². The van der Waals surface area contributed by atoms with Crippen LogP contribution in [0.3, 0.4) is 0 Å². The van der Waals surface area contributed by atoms with Gasteiger partial charge in [0.05, 0.1) is 27.8 Å². The highest BCUT2D eigenvalue weighted by molar-refractivity contribution is 6.26. The smallest absolute Gasteiger partial charge is 0.137 e. The fraction of sp³-hybridized carbons (Fsp3) is 0.0244. The van der Waals surface area contributed by atoms with Crippen LogP contribution in [0, 0.1) is 6.92 Å². The van der Waals surface area contributed by atoms with E-state index in [4.69, 9.17) is 9.72 Å². The first kappa shape index (κ1) is 26.2. The maximum Gasteiger partial charge on any atom is 0.137 e. The van der Waals surface area contributed by atoms with Gasteiger partial charge in [-0.3, -0.25) is 9.55 Å². The van der Waals surface area contributed by atoms with Crippen molar-refractivity contribution in [2.24, 2.45) is 0 Å². The van der Waals surface area contributed by atoms with Gasteiger partial charge in [-0.2, -0.15) is 0 Å². The summed E-state index contributed by atoms with van der Waals surface area (Å²) in [5.74, 6) is 2.37. The van der Waals surface area contributed by atoms with E-state index >= 15 is 0 Å². The lowest BCUT2D eigenvalue weighted by molar-refractivity contribution is 0.483. The van der Waals surface area contributed by atoms with Gasteiger partial charge in [-0.1, -0.05) is 66.7 Å². The molecule has 0 saturated carbocycles. The van der Waals surface area contributed by atoms with Crippen LogP contribution in [0.1, 0.15) is 5.56 Å². The van der Waals surface area contributed by atoms with Crippen LogP contribution in [-0.4, -0.2) is 19.1 Å². The molecule has 0 aliphatic heterocycles. The van der Waals surface area contributed by atoms with E-state index in [-0.39, 0.29) is 0 Å². The second-order valence-electron chi connectivity index (χ2n) is 11.6. The van der Waals surface area contributed by atoms with Gasteiger partial charge >= 0.3 is 0 Å². The number of hydrogen-bond donors (Lipinski definition) is 0. The Morgan fingerprint density at radius 3 is 2.22 bits per heavy atom. The Kier molecular flexibility index (Phi) is 5.96. The van der Waals surface area contributed by atoms with Crippen LogP contribution in [0.15, 0.2) is 152 Å². The molecule has 0 unspecified atom stereocenters. The van der Waals surface area contributed by atoms with Crippen LogP contribution >= 0.6 is 0 Å².